The molecule has 0 aromatic heterocycles. The topological polar surface area (TPSA) is 67.2 Å². The van der Waals surface area contributed by atoms with Crippen LogP contribution in [0, 0.1) is 17.2 Å². The highest BCUT2D eigenvalue weighted by Gasteiger charge is 2.24. The van der Waals surface area contributed by atoms with E-state index in [1.807, 2.05) is 6.07 Å². The van der Waals surface area contributed by atoms with Crippen LogP contribution in [0.3, 0.4) is 0 Å². The predicted octanol–water partition coefficient (Wildman–Crippen LogP) is 2.00. The van der Waals surface area contributed by atoms with Gasteiger partial charge >= 0.3 is 0 Å². The van der Waals surface area contributed by atoms with Crippen molar-refractivity contribution in [1.29, 1.82) is 5.26 Å². The summed E-state index contributed by atoms with van der Waals surface area (Å²) in [7, 11) is 1.50. The van der Waals surface area contributed by atoms with Crippen LogP contribution in [0.15, 0.2) is 24.3 Å². The molecule has 0 heterocycles. The lowest BCUT2D eigenvalue weighted by molar-refractivity contribution is -0.119. The van der Waals surface area contributed by atoms with Crippen LogP contribution in [0.2, 0.25) is 0 Å². The molecule has 0 saturated heterocycles. The first-order chi connectivity index (χ1) is 8.10. The molecular weight excluding hydrogens is 218 g/mol. The second-order valence-corrected chi connectivity index (χ2v) is 3.62. The van der Waals surface area contributed by atoms with Crippen molar-refractivity contribution in [3.8, 4) is 11.8 Å². The highest BCUT2D eigenvalue weighted by Crippen LogP contribution is 2.18. The molecule has 0 N–H and O–H groups in total. The molecule has 0 aliphatic rings. The van der Waals surface area contributed by atoms with Gasteiger partial charge in [0, 0.05) is 5.56 Å². The Morgan fingerprint density at radius 2 is 2.18 bits per heavy atom. The monoisotopic (exact) mass is 231 g/mol. The Hall–Kier alpha value is -2.15. The van der Waals surface area contributed by atoms with Gasteiger partial charge in [-0.25, -0.2) is 0 Å². The minimum absolute atomic E-state index is 0.0919. The number of Topliss-reactive ketones (excluding diaryl/α,β-unsaturated/α-hetero) is 2. The van der Waals surface area contributed by atoms with Gasteiger partial charge in [0.15, 0.2) is 5.78 Å². The number of nitriles is 1. The van der Waals surface area contributed by atoms with Gasteiger partial charge in [0.25, 0.3) is 0 Å². The zero-order chi connectivity index (χ0) is 12.8. The van der Waals surface area contributed by atoms with E-state index in [2.05, 4.69) is 0 Å². The van der Waals surface area contributed by atoms with Crippen LogP contribution in [-0.4, -0.2) is 18.7 Å². The number of hydrogen-bond acceptors (Lipinski definition) is 4. The summed E-state index contributed by atoms with van der Waals surface area (Å²) < 4.78 is 5.00. The lowest BCUT2D eigenvalue weighted by Crippen LogP contribution is -2.21. The Balaban J connectivity index is 3.01. The number of nitrogens with zero attached hydrogens (tertiary/aromatic N) is 1. The van der Waals surface area contributed by atoms with Crippen LogP contribution < -0.4 is 4.74 Å². The highest BCUT2D eigenvalue weighted by atomic mass is 16.5. The van der Waals surface area contributed by atoms with Gasteiger partial charge in [0.1, 0.15) is 11.5 Å². The van der Waals surface area contributed by atoms with Gasteiger partial charge in [0.05, 0.1) is 25.5 Å². The molecule has 0 bridgehead atoms. The predicted molar refractivity (Wildman–Crippen MR) is 61.7 cm³/mol. The lowest BCUT2D eigenvalue weighted by atomic mass is 9.92. The zero-order valence-electron chi connectivity index (χ0n) is 9.77. The smallest absolute Gasteiger partial charge is 0.174 e. The van der Waals surface area contributed by atoms with E-state index in [1.54, 1.807) is 24.3 Å². The normalized spacial score (nSPS) is 11.4. The third-order valence-corrected chi connectivity index (χ3v) is 2.46. The Labute approximate surface area is 99.8 Å². The maximum atomic E-state index is 12.0. The summed E-state index contributed by atoms with van der Waals surface area (Å²) in [6.45, 7) is 1.32. The van der Waals surface area contributed by atoms with Crippen molar-refractivity contribution >= 4 is 11.6 Å². The van der Waals surface area contributed by atoms with Gasteiger partial charge in [-0.2, -0.15) is 5.26 Å². The fourth-order valence-corrected chi connectivity index (χ4v) is 1.49. The van der Waals surface area contributed by atoms with Crippen LogP contribution >= 0.6 is 0 Å². The average molecular weight is 231 g/mol. The molecular formula is C13H13NO3. The number of ether oxygens (including phenoxy) is 1. The second-order valence-electron chi connectivity index (χ2n) is 3.62. The molecule has 88 valence electrons. The molecule has 0 aliphatic carbocycles. The molecule has 1 atom stereocenters. The maximum absolute atomic E-state index is 12.0. The molecule has 1 rings (SSSR count). The van der Waals surface area contributed by atoms with E-state index in [1.165, 1.54) is 14.0 Å². The first-order valence-electron chi connectivity index (χ1n) is 5.15. The van der Waals surface area contributed by atoms with Gasteiger partial charge in [-0.3, -0.25) is 9.59 Å². The molecule has 4 nitrogen and oxygen atoms in total. The van der Waals surface area contributed by atoms with Gasteiger partial charge in [-0.15, -0.1) is 0 Å². The molecule has 1 unspecified atom stereocenters. The summed E-state index contributed by atoms with van der Waals surface area (Å²) in [5, 5.41) is 8.60. The summed E-state index contributed by atoms with van der Waals surface area (Å²) in [4.78, 5) is 23.3. The molecule has 0 saturated carbocycles. The largest absolute Gasteiger partial charge is 0.497 e. The highest BCUT2D eigenvalue weighted by molar-refractivity contribution is 6.10. The minimum Gasteiger partial charge on any atom is -0.497 e. The SMILES string of the molecule is COc1cccc(C(=O)C(CC#N)C(C)=O)c1. The van der Waals surface area contributed by atoms with E-state index < -0.39 is 5.92 Å². The molecule has 4 heteroatoms. The number of carbonyl (C=O) groups is 2. The summed E-state index contributed by atoms with van der Waals surface area (Å²) in [5.74, 6) is -0.959. The van der Waals surface area contributed by atoms with Gasteiger partial charge < -0.3 is 4.74 Å². The van der Waals surface area contributed by atoms with Crippen LogP contribution in [0.5, 0.6) is 5.75 Å². The fraction of sp³-hybridized carbons (Fsp3) is 0.308. The van der Waals surface area contributed by atoms with Gasteiger partial charge in [-0.05, 0) is 19.1 Å². The van der Waals surface area contributed by atoms with Crippen molar-refractivity contribution in [3.63, 3.8) is 0 Å². The van der Waals surface area contributed by atoms with E-state index in [0.717, 1.165) is 0 Å². The summed E-state index contributed by atoms with van der Waals surface area (Å²) >= 11 is 0. The van der Waals surface area contributed by atoms with Crippen molar-refractivity contribution in [2.24, 2.45) is 5.92 Å². The van der Waals surface area contributed by atoms with E-state index in [-0.39, 0.29) is 18.0 Å². The van der Waals surface area contributed by atoms with Gasteiger partial charge in [0.2, 0.25) is 0 Å². The average Bonchev–Trinajstić information content (AvgIpc) is 2.34. The molecule has 1 aromatic rings. The minimum atomic E-state index is -0.882. The second kappa shape index (κ2) is 5.80. The number of methoxy groups -OCH3 is 1. The number of hydrogen-bond donors (Lipinski definition) is 0. The van der Waals surface area contributed by atoms with Crippen LogP contribution in [0.25, 0.3) is 0 Å². The van der Waals surface area contributed by atoms with E-state index >= 15 is 0 Å². The molecule has 17 heavy (non-hydrogen) atoms. The van der Waals surface area contributed by atoms with Gasteiger partial charge in [-0.1, -0.05) is 12.1 Å². The zero-order valence-corrected chi connectivity index (χ0v) is 9.77. The molecule has 0 amide bonds. The quantitative estimate of drug-likeness (QED) is 0.574. The Morgan fingerprint density at radius 3 is 2.71 bits per heavy atom. The number of rotatable bonds is 5. The van der Waals surface area contributed by atoms with E-state index in [0.29, 0.717) is 11.3 Å². The fourth-order valence-electron chi connectivity index (χ4n) is 1.49. The van der Waals surface area contributed by atoms with Crippen molar-refractivity contribution in [2.45, 2.75) is 13.3 Å². The molecule has 0 radical (unpaired) electrons. The Bertz CT molecular complexity index is 474. The molecule has 0 fully saturated rings. The first-order valence-corrected chi connectivity index (χ1v) is 5.15. The van der Waals surface area contributed by atoms with Crippen molar-refractivity contribution in [3.05, 3.63) is 29.8 Å². The van der Waals surface area contributed by atoms with E-state index in [4.69, 9.17) is 10.00 Å². The molecule has 0 spiro atoms. The molecule has 1 aromatic carbocycles. The Morgan fingerprint density at radius 1 is 1.47 bits per heavy atom. The molecule has 0 aliphatic heterocycles. The van der Waals surface area contributed by atoms with Crippen LogP contribution in [-0.2, 0) is 4.79 Å². The van der Waals surface area contributed by atoms with Crippen LogP contribution in [0.1, 0.15) is 23.7 Å². The van der Waals surface area contributed by atoms with Crippen molar-refractivity contribution in [1.82, 2.24) is 0 Å². The number of carbonyl (C=O) groups excluding carboxylic acids is 2. The van der Waals surface area contributed by atoms with Crippen LogP contribution in [0.4, 0.5) is 0 Å². The van der Waals surface area contributed by atoms with Crippen molar-refractivity contribution in [2.75, 3.05) is 7.11 Å². The standard InChI is InChI=1S/C13H13NO3/c1-9(15)12(6-7-14)13(16)10-4-3-5-11(8-10)17-2/h3-5,8,12H,6H2,1-2H3. The summed E-state index contributed by atoms with van der Waals surface area (Å²) in [6, 6.07) is 8.42. The Kier molecular flexibility index (Phi) is 4.41. The third kappa shape index (κ3) is 3.15. The lowest BCUT2D eigenvalue weighted by Gasteiger charge is -2.09. The summed E-state index contributed by atoms with van der Waals surface area (Å²) in [5.41, 5.74) is 0.389. The first kappa shape index (κ1) is 12.9. The number of ketones is 2. The maximum Gasteiger partial charge on any atom is 0.174 e. The number of benzene rings is 1. The summed E-state index contributed by atoms with van der Waals surface area (Å²) in [6.07, 6.45) is -0.0919. The van der Waals surface area contributed by atoms with E-state index in [9.17, 15) is 9.59 Å². The van der Waals surface area contributed by atoms with Crippen molar-refractivity contribution < 1.29 is 14.3 Å². The third-order valence-electron chi connectivity index (χ3n) is 2.46.